The van der Waals surface area contributed by atoms with Gasteiger partial charge in [-0.25, -0.2) is 0 Å². The molecule has 0 radical (unpaired) electrons. The van der Waals surface area contributed by atoms with Gasteiger partial charge in [0.05, 0.1) is 6.54 Å². The van der Waals surface area contributed by atoms with Gasteiger partial charge < -0.3 is 16.2 Å². The van der Waals surface area contributed by atoms with Crippen LogP contribution in [0, 0.1) is 5.41 Å². The quantitative estimate of drug-likeness (QED) is 0.279. The van der Waals surface area contributed by atoms with E-state index in [0.29, 0.717) is 0 Å². The van der Waals surface area contributed by atoms with E-state index >= 15 is 0 Å². The van der Waals surface area contributed by atoms with E-state index in [-0.39, 0.29) is 18.9 Å². The van der Waals surface area contributed by atoms with Gasteiger partial charge in [-0.2, -0.15) is 0 Å². The molecule has 0 spiro atoms. The molecule has 0 saturated carbocycles. The summed E-state index contributed by atoms with van der Waals surface area (Å²) in [6, 6.07) is 0. The monoisotopic (exact) mass is 131 g/mol. The molecule has 0 amide bonds. The molecule has 0 bridgehead atoms. The van der Waals surface area contributed by atoms with Gasteiger partial charge in [-0.15, -0.1) is 0 Å². The molecule has 0 rings (SSSR count). The number of carbonyl (C=O) groups is 1. The van der Waals surface area contributed by atoms with Crippen LogP contribution >= 0.6 is 0 Å². The van der Waals surface area contributed by atoms with Crippen molar-refractivity contribution in [3.05, 3.63) is 0 Å². The predicted molar refractivity (Wildman–Crippen MR) is 32.4 cm³/mol. The van der Waals surface area contributed by atoms with E-state index in [4.69, 9.17) is 16.2 Å². The average molecular weight is 131 g/mol. The van der Waals surface area contributed by atoms with Gasteiger partial charge >= 0.3 is 5.97 Å². The number of hydrogen-bond acceptors (Lipinski definition) is 3. The lowest BCUT2D eigenvalue weighted by atomic mass is 10.5. The standard InChI is InChI=1S/C4H9N3O2/c5-1-3(6)7-2-4(8)9/h1-2,5H2,(H2,6,7)(H,8,9). The second-order valence-corrected chi connectivity index (χ2v) is 1.43. The van der Waals surface area contributed by atoms with Crippen LogP contribution in [-0.2, 0) is 4.79 Å². The number of carboxylic acid groups (broad SMARTS) is 1. The number of hydrogen-bond donors (Lipinski definition) is 4. The van der Waals surface area contributed by atoms with Crippen LogP contribution in [-0.4, -0.2) is 30.0 Å². The van der Waals surface area contributed by atoms with E-state index in [2.05, 4.69) is 5.32 Å². The summed E-state index contributed by atoms with van der Waals surface area (Å²) in [6.07, 6.45) is 0. The van der Waals surface area contributed by atoms with Crippen molar-refractivity contribution in [1.29, 1.82) is 5.41 Å². The average Bonchev–Trinajstić information content (AvgIpc) is 1.83. The van der Waals surface area contributed by atoms with Gasteiger partial charge in [0, 0.05) is 0 Å². The summed E-state index contributed by atoms with van der Waals surface area (Å²) < 4.78 is 0. The number of carboxylic acids is 1. The van der Waals surface area contributed by atoms with E-state index in [9.17, 15) is 4.79 Å². The van der Waals surface area contributed by atoms with Crippen LogP contribution in [0.5, 0.6) is 0 Å². The summed E-state index contributed by atoms with van der Waals surface area (Å²) in [6.45, 7) is -0.191. The summed E-state index contributed by atoms with van der Waals surface area (Å²) in [5, 5.41) is 17.2. The van der Waals surface area contributed by atoms with Gasteiger partial charge in [0.2, 0.25) is 0 Å². The van der Waals surface area contributed by atoms with E-state index in [1.54, 1.807) is 0 Å². The highest BCUT2D eigenvalue weighted by molar-refractivity contribution is 5.84. The van der Waals surface area contributed by atoms with E-state index in [1.807, 2.05) is 0 Å². The molecule has 0 aliphatic carbocycles. The minimum Gasteiger partial charge on any atom is -0.480 e. The largest absolute Gasteiger partial charge is 0.480 e. The molecule has 0 heterocycles. The summed E-state index contributed by atoms with van der Waals surface area (Å²) in [4.78, 5) is 9.82. The first-order valence-corrected chi connectivity index (χ1v) is 2.40. The van der Waals surface area contributed by atoms with Gasteiger partial charge in [-0.1, -0.05) is 0 Å². The normalized spacial score (nSPS) is 8.56. The van der Waals surface area contributed by atoms with Gasteiger partial charge in [0.25, 0.3) is 0 Å². The Morgan fingerprint density at radius 1 is 1.78 bits per heavy atom. The van der Waals surface area contributed by atoms with Gasteiger partial charge in [0.1, 0.15) is 12.4 Å². The Kier molecular flexibility index (Phi) is 3.38. The van der Waals surface area contributed by atoms with Crippen LogP contribution in [0.15, 0.2) is 0 Å². The smallest absolute Gasteiger partial charge is 0.322 e. The third-order valence-corrected chi connectivity index (χ3v) is 0.657. The fraction of sp³-hybridized carbons (Fsp3) is 0.500. The number of nitrogens with one attached hydrogen (secondary N) is 2. The lowest BCUT2D eigenvalue weighted by Crippen LogP contribution is -2.33. The number of rotatable bonds is 3. The fourth-order valence-electron chi connectivity index (χ4n) is 0.254. The highest BCUT2D eigenvalue weighted by atomic mass is 16.4. The maximum atomic E-state index is 9.82. The van der Waals surface area contributed by atoms with Crippen LogP contribution < -0.4 is 11.1 Å². The predicted octanol–water partition coefficient (Wildman–Crippen LogP) is -1.40. The van der Waals surface area contributed by atoms with Crippen molar-refractivity contribution in [1.82, 2.24) is 5.32 Å². The third kappa shape index (κ3) is 4.76. The van der Waals surface area contributed by atoms with Crippen molar-refractivity contribution in [2.24, 2.45) is 5.73 Å². The van der Waals surface area contributed by atoms with E-state index in [0.717, 1.165) is 0 Å². The number of aliphatic carboxylic acids is 1. The molecule has 0 saturated heterocycles. The van der Waals surface area contributed by atoms with Crippen molar-refractivity contribution in [2.45, 2.75) is 0 Å². The van der Waals surface area contributed by atoms with Gasteiger partial charge in [-0.05, 0) is 0 Å². The van der Waals surface area contributed by atoms with Crippen LogP contribution in [0.3, 0.4) is 0 Å². The minimum atomic E-state index is -0.992. The first kappa shape index (κ1) is 7.90. The Bertz CT molecular complexity index is 123. The first-order chi connectivity index (χ1) is 4.16. The molecule has 0 fully saturated rings. The topological polar surface area (TPSA) is 99.2 Å². The van der Waals surface area contributed by atoms with Crippen LogP contribution in [0.25, 0.3) is 0 Å². The number of amidine groups is 1. The molecule has 0 aromatic rings. The van der Waals surface area contributed by atoms with Crippen molar-refractivity contribution in [3.8, 4) is 0 Å². The minimum absolute atomic E-state index is 0.0393. The zero-order chi connectivity index (χ0) is 7.28. The van der Waals surface area contributed by atoms with Crippen molar-refractivity contribution in [3.63, 3.8) is 0 Å². The second-order valence-electron chi connectivity index (χ2n) is 1.43. The van der Waals surface area contributed by atoms with E-state index < -0.39 is 5.97 Å². The second kappa shape index (κ2) is 3.85. The van der Waals surface area contributed by atoms with Crippen molar-refractivity contribution < 1.29 is 9.90 Å². The van der Waals surface area contributed by atoms with Crippen LogP contribution in [0.2, 0.25) is 0 Å². The molecule has 0 aromatic heterocycles. The zero-order valence-corrected chi connectivity index (χ0v) is 4.85. The molecular formula is C4H9N3O2. The Labute approximate surface area is 52.4 Å². The molecule has 5 N–H and O–H groups in total. The molecule has 5 nitrogen and oxygen atoms in total. The number of nitrogens with two attached hydrogens (primary N) is 1. The van der Waals surface area contributed by atoms with Crippen molar-refractivity contribution >= 4 is 11.8 Å². The molecule has 0 aromatic carbocycles. The lowest BCUT2D eigenvalue weighted by Gasteiger charge is -1.99. The summed E-state index contributed by atoms with van der Waals surface area (Å²) in [5.74, 6) is -0.953. The summed E-state index contributed by atoms with van der Waals surface area (Å²) in [5.41, 5.74) is 4.98. The maximum absolute atomic E-state index is 9.82. The zero-order valence-electron chi connectivity index (χ0n) is 4.85. The molecule has 0 aliphatic rings. The van der Waals surface area contributed by atoms with Crippen LogP contribution in [0.4, 0.5) is 0 Å². The Hall–Kier alpha value is -1.10. The van der Waals surface area contributed by atoms with Crippen molar-refractivity contribution in [2.75, 3.05) is 13.1 Å². The highest BCUT2D eigenvalue weighted by Crippen LogP contribution is 1.61. The molecule has 0 unspecified atom stereocenters. The molecule has 0 aliphatic heterocycles. The van der Waals surface area contributed by atoms with Crippen LogP contribution in [0.1, 0.15) is 0 Å². The molecule has 5 heteroatoms. The molecule has 52 valence electrons. The molecule has 9 heavy (non-hydrogen) atoms. The third-order valence-electron chi connectivity index (χ3n) is 0.657. The maximum Gasteiger partial charge on any atom is 0.322 e. The Morgan fingerprint density at radius 3 is 2.67 bits per heavy atom. The first-order valence-electron chi connectivity index (χ1n) is 2.40. The van der Waals surface area contributed by atoms with E-state index in [1.165, 1.54) is 0 Å². The Morgan fingerprint density at radius 2 is 2.33 bits per heavy atom. The fourth-order valence-corrected chi connectivity index (χ4v) is 0.254. The Balaban J connectivity index is 3.28. The SMILES string of the molecule is N=C(CN)NCC(=O)O. The summed E-state index contributed by atoms with van der Waals surface area (Å²) in [7, 11) is 0. The van der Waals surface area contributed by atoms with Gasteiger partial charge in [-0.3, -0.25) is 10.2 Å². The lowest BCUT2D eigenvalue weighted by molar-refractivity contribution is -0.135. The summed E-state index contributed by atoms with van der Waals surface area (Å²) >= 11 is 0. The molecular weight excluding hydrogens is 122 g/mol. The highest BCUT2D eigenvalue weighted by Gasteiger charge is 1.95. The molecule has 0 atom stereocenters. The van der Waals surface area contributed by atoms with Gasteiger partial charge in [0.15, 0.2) is 0 Å².